The minimum atomic E-state index is -2.38. The van der Waals surface area contributed by atoms with Crippen LogP contribution in [-0.4, -0.2) is 43.1 Å². The van der Waals surface area contributed by atoms with E-state index in [1.54, 1.807) is 5.57 Å². The second kappa shape index (κ2) is 14.2. The molecule has 0 aliphatic carbocycles. The van der Waals surface area contributed by atoms with E-state index in [2.05, 4.69) is 63.4 Å². The van der Waals surface area contributed by atoms with Crippen molar-refractivity contribution in [2.45, 2.75) is 26.7 Å². The Morgan fingerprint density at radius 1 is 1.06 bits per heavy atom. The molecule has 1 heterocycles. The Balaban J connectivity index is 2.33. The van der Waals surface area contributed by atoms with Crippen molar-refractivity contribution in [3.8, 4) is 0 Å². The number of benzene rings is 1. The summed E-state index contributed by atoms with van der Waals surface area (Å²) in [4.78, 5) is 0. The lowest BCUT2D eigenvalue weighted by molar-refractivity contribution is 0.583. The minimum Gasteiger partial charge on any atom is -0.319 e. The third-order valence-electron chi connectivity index (χ3n) is 5.81. The van der Waals surface area contributed by atoms with Gasteiger partial charge in [0.05, 0.1) is 0 Å². The monoisotopic (exact) mass is 472 g/mol. The zero-order chi connectivity index (χ0) is 22.5. The standard InChI is InChI=1S/C27H39OP3/c1-5-9-15-25(13-6-2)24-29-18-19-30(26(8-4)14-7-3)21-23-31(28,22-20-29)27-16-11-10-12-17-27/h5,7-12,14-17H,3-4,6,13,18-24H2,1-2H3/b9-5-,25-15+,26-14+. The zero-order valence-corrected chi connectivity index (χ0v) is 22.1. The van der Waals surface area contributed by atoms with E-state index in [0.29, 0.717) is 0 Å². The first-order chi connectivity index (χ1) is 15.1. The first-order valence-electron chi connectivity index (χ1n) is 11.4. The van der Waals surface area contributed by atoms with Crippen molar-refractivity contribution in [3.05, 3.63) is 90.8 Å². The SMILES string of the molecule is C=C/C=C(\C=C)P1CCP(C/C(=C/C=C\C)CCC)CCP(=O)(c2ccccc2)CC1. The summed E-state index contributed by atoms with van der Waals surface area (Å²) in [7, 11) is -2.88. The van der Waals surface area contributed by atoms with E-state index < -0.39 is 7.14 Å². The maximum atomic E-state index is 14.2. The maximum Gasteiger partial charge on any atom is 0.116 e. The average Bonchev–Trinajstić information content (AvgIpc) is 2.87. The van der Waals surface area contributed by atoms with Crippen LogP contribution in [0.4, 0.5) is 0 Å². The largest absolute Gasteiger partial charge is 0.319 e. The van der Waals surface area contributed by atoms with Gasteiger partial charge in [0.2, 0.25) is 0 Å². The summed E-state index contributed by atoms with van der Waals surface area (Å²) in [6.07, 6.45) is 22.5. The molecular formula is C27H39OP3. The molecule has 1 nitrogen and oxygen atoms in total. The second-order valence-electron chi connectivity index (χ2n) is 8.07. The van der Waals surface area contributed by atoms with Crippen molar-refractivity contribution < 1.29 is 4.57 Å². The van der Waals surface area contributed by atoms with E-state index in [-0.39, 0.29) is 15.8 Å². The van der Waals surface area contributed by atoms with E-state index in [1.165, 1.54) is 36.6 Å². The highest BCUT2D eigenvalue weighted by Gasteiger charge is 2.29. The maximum absolute atomic E-state index is 14.2. The number of allylic oxidation sites excluding steroid dienone is 8. The summed E-state index contributed by atoms with van der Waals surface area (Å²) in [6.45, 7) is 12.3. The van der Waals surface area contributed by atoms with Crippen LogP contribution in [0.25, 0.3) is 0 Å². The predicted octanol–water partition coefficient (Wildman–Crippen LogP) is 8.21. The van der Waals surface area contributed by atoms with Gasteiger partial charge in [0.1, 0.15) is 7.14 Å². The molecule has 1 aliphatic rings. The first kappa shape index (κ1) is 26.3. The minimum absolute atomic E-state index is 0.160. The molecule has 1 fully saturated rings. The van der Waals surface area contributed by atoms with Gasteiger partial charge in [-0.25, -0.2) is 0 Å². The normalized spacial score (nSPS) is 26.1. The summed E-state index contributed by atoms with van der Waals surface area (Å²) in [5.41, 5.74) is 1.57. The van der Waals surface area contributed by atoms with Crippen LogP contribution < -0.4 is 5.30 Å². The smallest absolute Gasteiger partial charge is 0.116 e. The Kier molecular flexibility index (Phi) is 12.0. The van der Waals surface area contributed by atoms with Crippen LogP contribution in [0.5, 0.6) is 0 Å². The van der Waals surface area contributed by atoms with Gasteiger partial charge in [-0.15, -0.1) is 7.92 Å². The molecule has 0 spiro atoms. The molecule has 3 atom stereocenters. The molecular weight excluding hydrogens is 433 g/mol. The highest BCUT2D eigenvalue weighted by Crippen LogP contribution is 2.57. The van der Waals surface area contributed by atoms with E-state index in [9.17, 15) is 4.57 Å². The molecule has 0 aromatic heterocycles. The van der Waals surface area contributed by atoms with Crippen molar-refractivity contribution in [1.29, 1.82) is 0 Å². The Morgan fingerprint density at radius 2 is 1.81 bits per heavy atom. The third-order valence-corrected chi connectivity index (χ3v) is 15.2. The van der Waals surface area contributed by atoms with Crippen molar-refractivity contribution in [3.63, 3.8) is 0 Å². The fourth-order valence-electron chi connectivity index (χ4n) is 4.04. The van der Waals surface area contributed by atoms with E-state index >= 15 is 0 Å². The Hall–Kier alpha value is -0.990. The predicted molar refractivity (Wildman–Crippen MR) is 148 cm³/mol. The Bertz CT molecular complexity index is 835. The molecule has 0 radical (unpaired) electrons. The molecule has 1 aromatic rings. The molecule has 3 unspecified atom stereocenters. The lowest BCUT2D eigenvalue weighted by Crippen LogP contribution is -2.14. The van der Waals surface area contributed by atoms with Gasteiger partial charge in [0, 0.05) is 17.6 Å². The quantitative estimate of drug-likeness (QED) is 0.261. The molecule has 2 rings (SSSR count). The fourth-order valence-corrected chi connectivity index (χ4v) is 15.0. The molecule has 1 saturated heterocycles. The first-order valence-corrected chi connectivity index (χ1v) is 17.1. The van der Waals surface area contributed by atoms with Crippen molar-refractivity contribution >= 4 is 28.3 Å². The van der Waals surface area contributed by atoms with Gasteiger partial charge in [-0.2, -0.15) is 0 Å². The van der Waals surface area contributed by atoms with Crippen LogP contribution in [0.3, 0.4) is 0 Å². The third kappa shape index (κ3) is 8.46. The molecule has 1 aliphatic heterocycles. The average molecular weight is 473 g/mol. The van der Waals surface area contributed by atoms with Gasteiger partial charge >= 0.3 is 0 Å². The fraction of sp³-hybridized carbons (Fsp3) is 0.407. The zero-order valence-electron chi connectivity index (χ0n) is 19.4. The Morgan fingerprint density at radius 3 is 2.45 bits per heavy atom. The molecule has 0 amide bonds. The van der Waals surface area contributed by atoms with Gasteiger partial charge < -0.3 is 4.57 Å². The topological polar surface area (TPSA) is 17.1 Å². The number of hydrogen-bond donors (Lipinski definition) is 0. The molecule has 0 saturated carbocycles. The summed E-state index contributed by atoms with van der Waals surface area (Å²) in [5, 5.41) is 2.40. The van der Waals surface area contributed by atoms with Gasteiger partial charge in [-0.1, -0.05) is 107 Å². The molecule has 168 valence electrons. The van der Waals surface area contributed by atoms with Gasteiger partial charge in [-0.05, 0) is 49.5 Å². The van der Waals surface area contributed by atoms with Gasteiger partial charge in [-0.3, -0.25) is 0 Å². The highest BCUT2D eigenvalue weighted by molar-refractivity contribution is 7.74. The van der Waals surface area contributed by atoms with E-state index in [1.807, 2.05) is 30.4 Å². The van der Waals surface area contributed by atoms with E-state index in [4.69, 9.17) is 0 Å². The summed E-state index contributed by atoms with van der Waals surface area (Å²) < 4.78 is 14.2. The van der Waals surface area contributed by atoms with Crippen LogP contribution >= 0.6 is 23.0 Å². The van der Waals surface area contributed by atoms with Crippen LogP contribution in [-0.2, 0) is 4.57 Å². The highest BCUT2D eigenvalue weighted by atomic mass is 31.2. The lowest BCUT2D eigenvalue weighted by Gasteiger charge is -2.22. The van der Waals surface area contributed by atoms with Crippen LogP contribution in [0.15, 0.2) is 90.8 Å². The molecule has 0 bridgehead atoms. The van der Waals surface area contributed by atoms with Gasteiger partial charge in [0.15, 0.2) is 0 Å². The Labute approximate surface area is 193 Å². The van der Waals surface area contributed by atoms with E-state index in [0.717, 1.165) is 30.0 Å². The van der Waals surface area contributed by atoms with Crippen LogP contribution in [0, 0.1) is 0 Å². The second-order valence-corrected chi connectivity index (χ2v) is 16.3. The van der Waals surface area contributed by atoms with Crippen LogP contribution in [0.1, 0.15) is 26.7 Å². The van der Waals surface area contributed by atoms with Crippen molar-refractivity contribution in [2.24, 2.45) is 0 Å². The molecule has 4 heteroatoms. The van der Waals surface area contributed by atoms with Crippen LogP contribution in [0.2, 0.25) is 0 Å². The summed E-state index contributed by atoms with van der Waals surface area (Å²) >= 11 is 0. The number of hydrogen-bond acceptors (Lipinski definition) is 1. The van der Waals surface area contributed by atoms with Gasteiger partial charge in [0.25, 0.3) is 0 Å². The molecule has 1 aromatic carbocycles. The molecule has 0 N–H and O–H groups in total. The summed E-state index contributed by atoms with van der Waals surface area (Å²) in [5.74, 6) is 0. The van der Waals surface area contributed by atoms with Crippen molar-refractivity contribution in [1.82, 2.24) is 0 Å². The number of rotatable bonds is 9. The molecule has 31 heavy (non-hydrogen) atoms. The summed E-state index contributed by atoms with van der Waals surface area (Å²) in [6, 6.07) is 10.3. The van der Waals surface area contributed by atoms with Crippen molar-refractivity contribution in [2.75, 3.05) is 43.1 Å². The lowest BCUT2D eigenvalue weighted by atomic mass is 10.1.